The van der Waals surface area contributed by atoms with Gasteiger partial charge in [-0.3, -0.25) is 0 Å². The van der Waals surface area contributed by atoms with Crippen molar-refractivity contribution in [1.29, 1.82) is 0 Å². The van der Waals surface area contributed by atoms with E-state index in [2.05, 4.69) is 64.5 Å². The lowest BCUT2D eigenvalue weighted by atomic mass is 10.0. The van der Waals surface area contributed by atoms with Crippen molar-refractivity contribution in [3.63, 3.8) is 0 Å². The van der Waals surface area contributed by atoms with E-state index in [1.54, 1.807) is 28.4 Å². The van der Waals surface area contributed by atoms with Crippen LogP contribution >= 0.6 is 0 Å². The Morgan fingerprint density at radius 2 is 1.23 bits per heavy atom. The first-order chi connectivity index (χ1) is 25.3. The van der Waals surface area contributed by atoms with Crippen molar-refractivity contribution < 1.29 is 38.4 Å². The first-order valence-electron chi connectivity index (χ1n) is 18.1. The maximum absolute atomic E-state index is 11.8. The Labute approximate surface area is 310 Å². The normalized spacial score (nSPS) is 14.5. The van der Waals surface area contributed by atoms with E-state index < -0.39 is 6.04 Å². The van der Waals surface area contributed by atoms with Crippen molar-refractivity contribution in [3.05, 3.63) is 106 Å². The largest absolute Gasteiger partial charge is 0.465 e. The number of amides is 1. The lowest BCUT2D eigenvalue weighted by Crippen LogP contribution is -2.27. The quantitative estimate of drug-likeness (QED) is 0.0855. The number of carbonyl (C=O) groups excluding carboxylic acids is 2. The van der Waals surface area contributed by atoms with E-state index in [4.69, 9.17) is 28.8 Å². The Morgan fingerprint density at radius 3 is 1.60 bits per heavy atom. The van der Waals surface area contributed by atoms with Gasteiger partial charge in [0.2, 0.25) is 0 Å². The highest BCUT2D eigenvalue weighted by molar-refractivity contribution is 5.77. The van der Waals surface area contributed by atoms with Crippen LogP contribution in [0.5, 0.6) is 0 Å². The molecule has 288 valence electrons. The number of cyclic esters (lactones) is 1. The summed E-state index contributed by atoms with van der Waals surface area (Å²) >= 11 is 0. The van der Waals surface area contributed by atoms with Crippen LogP contribution in [0, 0.1) is 0 Å². The van der Waals surface area contributed by atoms with Crippen molar-refractivity contribution in [2.24, 2.45) is 0 Å². The summed E-state index contributed by atoms with van der Waals surface area (Å²) in [6, 6.07) is 24.3. The number of benzene rings is 3. The zero-order valence-corrected chi connectivity index (χ0v) is 32.0. The van der Waals surface area contributed by atoms with E-state index in [9.17, 15) is 9.59 Å². The molecule has 0 spiro atoms. The lowest BCUT2D eigenvalue weighted by Gasteiger charge is -2.15. The van der Waals surface area contributed by atoms with Crippen LogP contribution in [0.15, 0.2) is 72.8 Å². The van der Waals surface area contributed by atoms with Crippen LogP contribution in [0.1, 0.15) is 77.7 Å². The average Bonchev–Trinajstić information content (AvgIpc) is 3.61. The summed E-state index contributed by atoms with van der Waals surface area (Å²) in [5.41, 5.74) is 6.99. The minimum atomic E-state index is -0.395. The molecule has 4 N–H and O–H groups in total. The van der Waals surface area contributed by atoms with E-state index in [1.165, 1.54) is 16.7 Å². The maximum atomic E-state index is 11.8. The number of alkyl carbamates (subject to hydrolysis) is 1. The second-order valence-corrected chi connectivity index (χ2v) is 12.3. The third kappa shape index (κ3) is 16.7. The lowest BCUT2D eigenvalue weighted by molar-refractivity contribution is -0.145. The Hall–Kier alpha value is -3.84. The van der Waals surface area contributed by atoms with Gasteiger partial charge >= 0.3 is 12.1 Å². The summed E-state index contributed by atoms with van der Waals surface area (Å²) in [5, 5.41) is 18.0. The molecule has 1 aliphatic heterocycles. The zero-order valence-electron chi connectivity index (χ0n) is 32.0. The van der Waals surface area contributed by atoms with Crippen LogP contribution in [0.3, 0.4) is 0 Å². The van der Waals surface area contributed by atoms with Gasteiger partial charge in [-0.25, -0.2) is 9.59 Å². The Bertz CT molecular complexity index is 1370. The summed E-state index contributed by atoms with van der Waals surface area (Å²) in [7, 11) is 8.76. The van der Waals surface area contributed by atoms with Crippen LogP contribution in [0.2, 0.25) is 0 Å². The fraction of sp³-hybridized carbons (Fsp3) is 0.512. The molecular weight excluding hydrogens is 662 g/mol. The van der Waals surface area contributed by atoms with Crippen molar-refractivity contribution in [3.8, 4) is 0 Å². The molecule has 1 fully saturated rings. The van der Waals surface area contributed by atoms with Crippen molar-refractivity contribution in [2.45, 2.75) is 63.6 Å². The number of nitrogens with one attached hydrogen (secondary N) is 3. The molecule has 1 saturated heterocycles. The van der Waals surface area contributed by atoms with Gasteiger partial charge in [-0.15, -0.1) is 0 Å². The fourth-order valence-electron chi connectivity index (χ4n) is 5.55. The third-order valence-corrected chi connectivity index (χ3v) is 8.53. The van der Waals surface area contributed by atoms with Gasteiger partial charge in [0.1, 0.15) is 12.6 Å². The molecule has 1 aliphatic rings. The van der Waals surface area contributed by atoms with Crippen LogP contribution in [-0.2, 0) is 47.7 Å². The van der Waals surface area contributed by atoms with Gasteiger partial charge in [-0.1, -0.05) is 72.8 Å². The third-order valence-electron chi connectivity index (χ3n) is 8.53. The number of carbonyl (C=O) groups is 2. The summed E-state index contributed by atoms with van der Waals surface area (Å²) in [6.07, 6.45) is 5.78. The van der Waals surface area contributed by atoms with Crippen LogP contribution < -0.4 is 16.0 Å². The number of likely N-dealkylation sites (N-methyl/N-ethyl adjacent to an activating group) is 2. The van der Waals surface area contributed by atoms with E-state index >= 15 is 0 Å². The van der Waals surface area contributed by atoms with Gasteiger partial charge in [-0.2, -0.15) is 0 Å². The van der Waals surface area contributed by atoms with Gasteiger partial charge < -0.3 is 44.7 Å². The number of methoxy groups -OCH3 is 3. The van der Waals surface area contributed by atoms with E-state index in [1.807, 2.05) is 38.2 Å². The van der Waals surface area contributed by atoms with E-state index in [-0.39, 0.29) is 30.8 Å². The number of ether oxygens (including phenoxy) is 5. The number of rotatable bonds is 20. The maximum Gasteiger partial charge on any atom is 0.407 e. The van der Waals surface area contributed by atoms with E-state index in [0.717, 1.165) is 75.0 Å². The number of aryl methyl sites for hydroxylation is 3. The molecule has 3 aromatic rings. The second-order valence-electron chi connectivity index (χ2n) is 12.3. The van der Waals surface area contributed by atoms with E-state index in [0.29, 0.717) is 13.2 Å². The number of aliphatic hydroxyl groups excluding tert-OH is 1. The summed E-state index contributed by atoms with van der Waals surface area (Å²) in [4.78, 5) is 22.7. The second kappa shape index (κ2) is 26.9. The predicted octanol–water partition coefficient (Wildman–Crippen LogP) is 5.65. The average molecular weight is 724 g/mol. The molecule has 0 aromatic heterocycles. The minimum Gasteiger partial charge on any atom is -0.465 e. The topological polar surface area (TPSA) is 137 Å². The number of hydrogen-bond acceptors (Lipinski definition) is 10. The zero-order chi connectivity index (χ0) is 38.0. The van der Waals surface area contributed by atoms with Crippen molar-refractivity contribution in [1.82, 2.24) is 16.0 Å². The predicted molar refractivity (Wildman–Crippen MR) is 204 cm³/mol. The monoisotopic (exact) mass is 723 g/mol. The smallest absolute Gasteiger partial charge is 0.407 e. The molecular formula is C41H61N3O8. The molecule has 4 rings (SSSR count). The number of esters is 1. The van der Waals surface area contributed by atoms with Crippen LogP contribution in [0.25, 0.3) is 0 Å². The number of aliphatic hydroxyl groups is 1. The minimum absolute atomic E-state index is 0.00414. The number of hydrogen-bond donors (Lipinski definition) is 4. The molecule has 1 heterocycles. The molecule has 0 bridgehead atoms. The van der Waals surface area contributed by atoms with Gasteiger partial charge in [0, 0.05) is 41.2 Å². The SMILES string of the molecule is CCOC(=O)C(NC)c1ccc(CCCOC)cc1.CN[C@H](CO)c1ccc(CCCOC)cc1.COCCCc1ccc(C2COC(=O)N2)cc1. The highest BCUT2D eigenvalue weighted by Crippen LogP contribution is 2.19. The highest BCUT2D eigenvalue weighted by Gasteiger charge is 2.23. The van der Waals surface area contributed by atoms with Gasteiger partial charge in [0.25, 0.3) is 0 Å². The first kappa shape index (κ1) is 44.3. The molecule has 0 aliphatic carbocycles. The van der Waals surface area contributed by atoms with Gasteiger partial charge in [0.05, 0.1) is 25.3 Å². The molecule has 2 unspecified atom stereocenters. The van der Waals surface area contributed by atoms with Crippen molar-refractivity contribution >= 4 is 12.1 Å². The van der Waals surface area contributed by atoms with Crippen LogP contribution in [0.4, 0.5) is 4.79 Å². The molecule has 11 nitrogen and oxygen atoms in total. The summed E-state index contributed by atoms with van der Waals surface area (Å²) < 4.78 is 25.0. The molecule has 52 heavy (non-hydrogen) atoms. The van der Waals surface area contributed by atoms with Gasteiger partial charge in [0.15, 0.2) is 0 Å². The standard InChI is InChI=1S/C15H23NO3.C13H17NO3.C13H21NO2/c1-4-19-15(17)14(16-2)13-9-7-12(8-10-13)6-5-11-18-3;1-16-8-2-3-10-4-6-11(7-5-10)12-9-17-13(15)14-12;1-14-13(10-15)12-7-5-11(6-8-12)4-3-9-16-2/h7-10,14,16H,4-6,11H2,1-3H3;4-7,12H,2-3,8-9H2,1H3,(H,14,15);5-8,13-15H,3-4,9-10H2,1-2H3/t;;13-/m..1/s1. The Balaban J connectivity index is 0.000000271. The van der Waals surface area contributed by atoms with Crippen molar-refractivity contribution in [2.75, 3.05) is 75.1 Å². The fourth-order valence-corrected chi connectivity index (χ4v) is 5.55. The Morgan fingerprint density at radius 1 is 0.769 bits per heavy atom. The van der Waals surface area contributed by atoms with Crippen LogP contribution in [-0.4, -0.2) is 92.2 Å². The summed E-state index contributed by atoms with van der Waals surface area (Å²) in [5.74, 6) is -0.239. The molecule has 0 saturated carbocycles. The molecule has 3 aromatic carbocycles. The molecule has 3 atom stereocenters. The van der Waals surface area contributed by atoms with Gasteiger partial charge in [-0.05, 0) is 92.9 Å². The highest BCUT2D eigenvalue weighted by atomic mass is 16.6. The molecule has 1 amide bonds. The summed E-state index contributed by atoms with van der Waals surface area (Å²) in [6.45, 7) is 5.10. The first-order valence-corrected chi connectivity index (χ1v) is 18.1. The molecule has 0 radical (unpaired) electrons. The Kier molecular flexibility index (Phi) is 22.9. The molecule has 11 heteroatoms.